The molecule has 1 saturated heterocycles. The smallest absolute Gasteiger partial charge is 0.231 e. The highest BCUT2D eigenvalue weighted by Crippen LogP contribution is 2.30. The van der Waals surface area contributed by atoms with Crippen molar-refractivity contribution in [3.63, 3.8) is 0 Å². The second-order valence-electron chi connectivity index (χ2n) is 7.30. The topological polar surface area (TPSA) is 59.2 Å². The minimum Gasteiger partial charge on any atom is -0.341 e. The number of likely N-dealkylation sites (tertiary alicyclic amines) is 1. The third kappa shape index (κ3) is 3.47. The molecule has 24 heavy (non-hydrogen) atoms. The summed E-state index contributed by atoms with van der Waals surface area (Å²) in [6.45, 7) is 7.15. The van der Waals surface area contributed by atoms with Gasteiger partial charge in [0, 0.05) is 24.1 Å². The number of aromatic nitrogens is 2. The highest BCUT2D eigenvalue weighted by atomic mass is 19.1. The monoisotopic (exact) mass is 331 g/mol. The average Bonchev–Trinajstić information content (AvgIpc) is 3.04. The van der Waals surface area contributed by atoms with Crippen LogP contribution in [0.15, 0.2) is 28.8 Å². The first-order chi connectivity index (χ1) is 11.3. The Morgan fingerprint density at radius 3 is 2.67 bits per heavy atom. The molecule has 0 unspecified atom stereocenters. The largest absolute Gasteiger partial charge is 0.341 e. The maximum atomic E-state index is 13.0. The van der Waals surface area contributed by atoms with Crippen LogP contribution in [0.3, 0.4) is 0 Å². The van der Waals surface area contributed by atoms with Crippen LogP contribution in [0.25, 0.3) is 11.4 Å². The van der Waals surface area contributed by atoms with Crippen LogP contribution in [0.4, 0.5) is 4.39 Å². The fourth-order valence-electron chi connectivity index (χ4n) is 2.95. The van der Waals surface area contributed by atoms with Gasteiger partial charge >= 0.3 is 0 Å². The number of piperidine rings is 1. The number of amides is 1. The number of halogens is 1. The summed E-state index contributed by atoms with van der Waals surface area (Å²) in [7, 11) is 0. The third-order valence-electron chi connectivity index (χ3n) is 4.24. The van der Waals surface area contributed by atoms with E-state index >= 15 is 0 Å². The number of benzene rings is 1. The molecule has 0 aliphatic carbocycles. The van der Waals surface area contributed by atoms with E-state index in [0.717, 1.165) is 19.4 Å². The molecule has 5 nitrogen and oxygen atoms in total. The highest BCUT2D eigenvalue weighted by Gasteiger charge is 2.33. The lowest BCUT2D eigenvalue weighted by Gasteiger charge is -2.35. The van der Waals surface area contributed by atoms with Crippen molar-refractivity contribution < 1.29 is 13.7 Å². The quantitative estimate of drug-likeness (QED) is 0.843. The van der Waals surface area contributed by atoms with Crippen molar-refractivity contribution in [3.05, 3.63) is 36.0 Å². The molecule has 128 valence electrons. The normalized spacial score (nSPS) is 18.7. The molecule has 1 atom stereocenters. The molecule has 2 aromatic rings. The molecule has 1 aliphatic heterocycles. The van der Waals surface area contributed by atoms with Crippen LogP contribution >= 0.6 is 0 Å². The van der Waals surface area contributed by atoms with Gasteiger partial charge in [0.2, 0.25) is 17.6 Å². The van der Waals surface area contributed by atoms with Gasteiger partial charge in [-0.05, 0) is 37.1 Å². The minimum absolute atomic E-state index is 0.0479. The molecule has 1 aromatic carbocycles. The maximum absolute atomic E-state index is 13.0. The van der Waals surface area contributed by atoms with Crippen LogP contribution in [0.1, 0.15) is 45.4 Å². The molecule has 0 bridgehead atoms. The van der Waals surface area contributed by atoms with E-state index in [9.17, 15) is 9.18 Å². The Labute approximate surface area is 140 Å². The molecule has 1 fully saturated rings. The van der Waals surface area contributed by atoms with E-state index in [1.54, 1.807) is 12.1 Å². The van der Waals surface area contributed by atoms with E-state index < -0.39 is 5.41 Å². The maximum Gasteiger partial charge on any atom is 0.231 e. The molecule has 2 heterocycles. The van der Waals surface area contributed by atoms with Crippen molar-refractivity contribution in [1.82, 2.24) is 15.0 Å². The molecule has 1 aliphatic rings. The van der Waals surface area contributed by atoms with Crippen molar-refractivity contribution >= 4 is 5.91 Å². The number of hydrogen-bond donors (Lipinski definition) is 0. The summed E-state index contributed by atoms with van der Waals surface area (Å²) < 4.78 is 18.4. The Bertz CT molecular complexity index is 719. The molecular weight excluding hydrogens is 309 g/mol. The zero-order valence-corrected chi connectivity index (χ0v) is 14.3. The van der Waals surface area contributed by atoms with Gasteiger partial charge in [0.1, 0.15) is 5.82 Å². The van der Waals surface area contributed by atoms with E-state index in [4.69, 9.17) is 4.52 Å². The summed E-state index contributed by atoms with van der Waals surface area (Å²) in [5, 5.41) is 4.00. The Morgan fingerprint density at radius 2 is 2.00 bits per heavy atom. The standard InChI is InChI=1S/C18H22FN3O2/c1-18(2,3)17(23)22-10-4-5-13(11-22)16-20-15(21-24-16)12-6-8-14(19)9-7-12/h6-9,13H,4-5,10-11H2,1-3H3/t13-/m1/s1. The van der Waals surface area contributed by atoms with Gasteiger partial charge in [-0.1, -0.05) is 25.9 Å². The Hall–Kier alpha value is -2.24. The predicted octanol–water partition coefficient (Wildman–Crippen LogP) is 3.63. The predicted molar refractivity (Wildman–Crippen MR) is 87.7 cm³/mol. The van der Waals surface area contributed by atoms with Gasteiger partial charge in [-0.25, -0.2) is 4.39 Å². The summed E-state index contributed by atoms with van der Waals surface area (Å²) >= 11 is 0. The van der Waals surface area contributed by atoms with E-state index in [-0.39, 0.29) is 17.6 Å². The van der Waals surface area contributed by atoms with Gasteiger partial charge in [-0.3, -0.25) is 4.79 Å². The molecular formula is C18H22FN3O2. The number of nitrogens with zero attached hydrogens (tertiary/aromatic N) is 3. The van der Waals surface area contributed by atoms with Gasteiger partial charge in [-0.15, -0.1) is 0 Å². The number of rotatable bonds is 2. The van der Waals surface area contributed by atoms with E-state index in [0.29, 0.717) is 23.8 Å². The van der Waals surface area contributed by atoms with E-state index in [1.165, 1.54) is 12.1 Å². The second-order valence-corrected chi connectivity index (χ2v) is 7.30. The number of carbonyl (C=O) groups is 1. The fourth-order valence-corrected chi connectivity index (χ4v) is 2.95. The van der Waals surface area contributed by atoms with Crippen LogP contribution in [-0.2, 0) is 4.79 Å². The van der Waals surface area contributed by atoms with Gasteiger partial charge in [-0.2, -0.15) is 4.98 Å². The van der Waals surface area contributed by atoms with Crippen molar-refractivity contribution in [2.24, 2.45) is 5.41 Å². The summed E-state index contributed by atoms with van der Waals surface area (Å²) in [5.74, 6) is 0.883. The average molecular weight is 331 g/mol. The van der Waals surface area contributed by atoms with Crippen molar-refractivity contribution in [2.45, 2.75) is 39.5 Å². The lowest BCUT2D eigenvalue weighted by Crippen LogP contribution is -2.44. The van der Waals surface area contributed by atoms with Crippen molar-refractivity contribution in [2.75, 3.05) is 13.1 Å². The summed E-state index contributed by atoms with van der Waals surface area (Å²) in [6, 6.07) is 5.99. The molecule has 0 saturated carbocycles. The molecule has 0 spiro atoms. The number of carbonyl (C=O) groups excluding carboxylic acids is 1. The lowest BCUT2D eigenvalue weighted by molar-refractivity contribution is -0.140. The van der Waals surface area contributed by atoms with E-state index in [2.05, 4.69) is 10.1 Å². The number of hydrogen-bond acceptors (Lipinski definition) is 4. The van der Waals surface area contributed by atoms with Crippen molar-refractivity contribution in [3.8, 4) is 11.4 Å². The Balaban J connectivity index is 1.75. The van der Waals surface area contributed by atoms with Crippen LogP contribution in [0, 0.1) is 11.2 Å². The first kappa shape index (κ1) is 16.6. The van der Waals surface area contributed by atoms with Crippen LogP contribution in [0.5, 0.6) is 0 Å². The molecule has 1 aromatic heterocycles. The van der Waals surface area contributed by atoms with Gasteiger partial charge in [0.25, 0.3) is 0 Å². The van der Waals surface area contributed by atoms with Crippen LogP contribution in [-0.4, -0.2) is 34.0 Å². The SMILES string of the molecule is CC(C)(C)C(=O)N1CCC[C@@H](c2nc(-c3ccc(F)cc3)no2)C1. The zero-order valence-electron chi connectivity index (χ0n) is 14.3. The Morgan fingerprint density at radius 1 is 1.29 bits per heavy atom. The summed E-state index contributed by atoms with van der Waals surface area (Å²) in [4.78, 5) is 18.8. The Kier molecular flexibility index (Phi) is 4.39. The molecule has 1 amide bonds. The zero-order chi connectivity index (χ0) is 17.3. The third-order valence-corrected chi connectivity index (χ3v) is 4.24. The van der Waals surface area contributed by atoms with E-state index in [1.807, 2.05) is 25.7 Å². The lowest BCUT2D eigenvalue weighted by atomic mass is 9.91. The molecule has 0 radical (unpaired) electrons. The van der Waals surface area contributed by atoms with Crippen molar-refractivity contribution in [1.29, 1.82) is 0 Å². The summed E-state index contributed by atoms with van der Waals surface area (Å²) in [6.07, 6.45) is 1.83. The molecule has 3 rings (SSSR count). The first-order valence-electron chi connectivity index (χ1n) is 8.23. The van der Waals surface area contributed by atoms with Gasteiger partial charge < -0.3 is 9.42 Å². The molecule has 6 heteroatoms. The molecule has 0 N–H and O–H groups in total. The highest BCUT2D eigenvalue weighted by molar-refractivity contribution is 5.81. The fraction of sp³-hybridized carbons (Fsp3) is 0.500. The first-order valence-corrected chi connectivity index (χ1v) is 8.23. The van der Waals surface area contributed by atoms with Crippen LogP contribution < -0.4 is 0 Å². The summed E-state index contributed by atoms with van der Waals surface area (Å²) in [5.41, 5.74) is 0.320. The van der Waals surface area contributed by atoms with Gasteiger partial charge in [0.05, 0.1) is 5.92 Å². The minimum atomic E-state index is -0.393. The van der Waals surface area contributed by atoms with Gasteiger partial charge in [0.15, 0.2) is 0 Å². The van der Waals surface area contributed by atoms with Crippen LogP contribution in [0.2, 0.25) is 0 Å². The second kappa shape index (κ2) is 6.34.